The third-order valence-electron chi connectivity index (χ3n) is 4.39. The topological polar surface area (TPSA) is 66.5 Å². The SMILES string of the molecule is CS(=O)(=O)N(CCCC(=O)Nc1ccccc1Sc1ccccc1)c1cccc(Cl)c1. The Morgan fingerprint density at radius 2 is 1.71 bits per heavy atom. The number of carbonyl (C=O) groups is 1. The lowest BCUT2D eigenvalue weighted by Gasteiger charge is -2.22. The zero-order chi connectivity index (χ0) is 22.3. The van der Waals surface area contributed by atoms with Gasteiger partial charge < -0.3 is 5.32 Å². The van der Waals surface area contributed by atoms with Crippen molar-refractivity contribution in [3.05, 3.63) is 83.9 Å². The molecule has 3 aromatic rings. The third-order valence-corrected chi connectivity index (χ3v) is 6.91. The summed E-state index contributed by atoms with van der Waals surface area (Å²) in [6, 6.07) is 24.2. The van der Waals surface area contributed by atoms with Gasteiger partial charge in [-0.2, -0.15) is 0 Å². The number of para-hydroxylation sites is 1. The molecule has 0 radical (unpaired) electrons. The van der Waals surface area contributed by atoms with Crippen LogP contribution >= 0.6 is 23.4 Å². The molecule has 8 heteroatoms. The largest absolute Gasteiger partial charge is 0.325 e. The van der Waals surface area contributed by atoms with E-state index in [0.29, 0.717) is 17.1 Å². The van der Waals surface area contributed by atoms with E-state index in [4.69, 9.17) is 11.6 Å². The summed E-state index contributed by atoms with van der Waals surface area (Å²) in [6.07, 6.45) is 1.71. The minimum absolute atomic E-state index is 0.166. The van der Waals surface area contributed by atoms with Crippen molar-refractivity contribution in [1.82, 2.24) is 0 Å². The van der Waals surface area contributed by atoms with Gasteiger partial charge in [0.2, 0.25) is 15.9 Å². The van der Waals surface area contributed by atoms with Gasteiger partial charge in [0, 0.05) is 27.8 Å². The number of rotatable bonds is 9. The average Bonchev–Trinajstić information content (AvgIpc) is 2.72. The van der Waals surface area contributed by atoms with Crippen molar-refractivity contribution >= 4 is 50.7 Å². The molecular formula is C23H23ClN2O3S2. The van der Waals surface area contributed by atoms with Gasteiger partial charge in [0.25, 0.3) is 0 Å². The second kappa shape index (κ2) is 10.7. The summed E-state index contributed by atoms with van der Waals surface area (Å²) in [7, 11) is -3.49. The van der Waals surface area contributed by atoms with Crippen molar-refractivity contribution in [2.45, 2.75) is 22.6 Å². The Morgan fingerprint density at radius 3 is 2.42 bits per heavy atom. The van der Waals surface area contributed by atoms with Crippen molar-refractivity contribution in [1.29, 1.82) is 0 Å². The lowest BCUT2D eigenvalue weighted by molar-refractivity contribution is -0.116. The van der Waals surface area contributed by atoms with Gasteiger partial charge in [0.1, 0.15) is 0 Å². The third kappa shape index (κ3) is 7.02. The van der Waals surface area contributed by atoms with Crippen LogP contribution in [-0.4, -0.2) is 27.1 Å². The predicted octanol–water partition coefficient (Wildman–Crippen LogP) is 5.68. The molecule has 5 nitrogen and oxygen atoms in total. The number of sulfonamides is 1. The average molecular weight is 475 g/mol. The summed E-state index contributed by atoms with van der Waals surface area (Å²) in [4.78, 5) is 14.6. The molecule has 1 N–H and O–H groups in total. The molecule has 0 aliphatic rings. The van der Waals surface area contributed by atoms with Crippen LogP contribution in [0, 0.1) is 0 Å². The summed E-state index contributed by atoms with van der Waals surface area (Å²) in [6.45, 7) is 0.188. The zero-order valence-corrected chi connectivity index (χ0v) is 19.4. The van der Waals surface area contributed by atoms with Crippen LogP contribution in [0.4, 0.5) is 11.4 Å². The highest BCUT2D eigenvalue weighted by molar-refractivity contribution is 7.99. The smallest absolute Gasteiger partial charge is 0.232 e. The van der Waals surface area contributed by atoms with E-state index in [1.165, 1.54) is 4.31 Å². The molecule has 0 spiro atoms. The van der Waals surface area contributed by atoms with Gasteiger partial charge in [-0.05, 0) is 48.9 Å². The molecule has 0 atom stereocenters. The molecule has 3 rings (SSSR count). The standard InChI is InChI=1S/C23H23ClN2O3S2/c1-31(28,29)26(19-10-7-9-18(24)17-19)16-8-15-23(27)25-21-13-5-6-14-22(21)30-20-11-3-2-4-12-20/h2-7,9-14,17H,8,15-16H2,1H3,(H,25,27). The molecule has 0 unspecified atom stereocenters. The van der Waals surface area contributed by atoms with E-state index >= 15 is 0 Å². The Morgan fingerprint density at radius 1 is 1.00 bits per heavy atom. The first kappa shape index (κ1) is 23.2. The molecule has 0 aliphatic heterocycles. The number of nitrogens with zero attached hydrogens (tertiary/aromatic N) is 1. The number of hydrogen-bond donors (Lipinski definition) is 1. The molecule has 0 saturated carbocycles. The Hall–Kier alpha value is -2.48. The Kier molecular flexibility index (Phi) is 8.01. The van der Waals surface area contributed by atoms with Gasteiger partial charge in [-0.15, -0.1) is 0 Å². The number of nitrogens with one attached hydrogen (secondary N) is 1. The van der Waals surface area contributed by atoms with Crippen molar-refractivity contribution in [2.24, 2.45) is 0 Å². The zero-order valence-electron chi connectivity index (χ0n) is 17.0. The highest BCUT2D eigenvalue weighted by Crippen LogP contribution is 2.33. The molecule has 1 amide bonds. The van der Waals surface area contributed by atoms with Crippen LogP contribution in [-0.2, 0) is 14.8 Å². The van der Waals surface area contributed by atoms with Crippen molar-refractivity contribution < 1.29 is 13.2 Å². The molecule has 3 aromatic carbocycles. The molecule has 0 aliphatic carbocycles. The highest BCUT2D eigenvalue weighted by Gasteiger charge is 2.18. The lowest BCUT2D eigenvalue weighted by atomic mass is 10.2. The van der Waals surface area contributed by atoms with E-state index in [1.54, 1.807) is 36.0 Å². The molecule has 0 saturated heterocycles. The predicted molar refractivity (Wildman–Crippen MR) is 129 cm³/mol. The van der Waals surface area contributed by atoms with Gasteiger partial charge in [-0.25, -0.2) is 8.42 Å². The second-order valence-electron chi connectivity index (χ2n) is 6.88. The Balaban J connectivity index is 1.61. The number of carbonyl (C=O) groups excluding carboxylic acids is 1. The van der Waals surface area contributed by atoms with Crippen LogP contribution in [0.25, 0.3) is 0 Å². The number of amides is 1. The second-order valence-corrected chi connectivity index (χ2v) is 10.3. The maximum absolute atomic E-state index is 12.5. The molecule has 0 aromatic heterocycles. The minimum Gasteiger partial charge on any atom is -0.325 e. The Bertz CT molecular complexity index is 1140. The highest BCUT2D eigenvalue weighted by atomic mass is 35.5. The van der Waals surface area contributed by atoms with E-state index in [9.17, 15) is 13.2 Å². The normalized spacial score (nSPS) is 11.2. The Labute approximate surface area is 192 Å². The first-order valence-corrected chi connectivity index (χ1v) is 12.7. The summed E-state index contributed by atoms with van der Waals surface area (Å²) in [5.41, 5.74) is 1.22. The van der Waals surface area contributed by atoms with E-state index < -0.39 is 10.0 Å². The van der Waals surface area contributed by atoms with Crippen molar-refractivity contribution in [3.8, 4) is 0 Å². The minimum atomic E-state index is -3.49. The van der Waals surface area contributed by atoms with Crippen molar-refractivity contribution in [2.75, 3.05) is 22.4 Å². The maximum atomic E-state index is 12.5. The monoisotopic (exact) mass is 474 g/mol. The van der Waals surface area contributed by atoms with Crippen LogP contribution in [0.3, 0.4) is 0 Å². The fraction of sp³-hybridized carbons (Fsp3) is 0.174. The molecule has 0 fully saturated rings. The fourth-order valence-corrected chi connectivity index (χ4v) is 5.05. The fourth-order valence-electron chi connectivity index (χ4n) is 2.99. The van der Waals surface area contributed by atoms with Crippen LogP contribution < -0.4 is 9.62 Å². The number of halogens is 1. The summed E-state index contributed by atoms with van der Waals surface area (Å²) < 4.78 is 25.7. The van der Waals surface area contributed by atoms with Gasteiger partial charge in [0.15, 0.2) is 0 Å². The van der Waals surface area contributed by atoms with E-state index in [2.05, 4.69) is 5.32 Å². The van der Waals surface area contributed by atoms with Gasteiger partial charge in [-0.1, -0.05) is 59.8 Å². The summed E-state index contributed by atoms with van der Waals surface area (Å²) in [5, 5.41) is 3.40. The first-order chi connectivity index (χ1) is 14.8. The molecule has 0 heterocycles. The van der Waals surface area contributed by atoms with E-state index in [-0.39, 0.29) is 18.9 Å². The van der Waals surface area contributed by atoms with Gasteiger partial charge in [-0.3, -0.25) is 9.10 Å². The number of hydrogen-bond acceptors (Lipinski definition) is 4. The van der Waals surface area contributed by atoms with E-state index in [1.807, 2.05) is 54.6 Å². The van der Waals surface area contributed by atoms with Gasteiger partial charge >= 0.3 is 0 Å². The molecule has 31 heavy (non-hydrogen) atoms. The van der Waals surface area contributed by atoms with Crippen LogP contribution in [0.1, 0.15) is 12.8 Å². The number of benzene rings is 3. The summed E-state index contributed by atoms with van der Waals surface area (Å²) >= 11 is 7.57. The quantitative estimate of drug-likeness (QED) is 0.433. The molecule has 162 valence electrons. The van der Waals surface area contributed by atoms with E-state index in [0.717, 1.165) is 21.7 Å². The molecule has 0 bridgehead atoms. The lowest BCUT2D eigenvalue weighted by Crippen LogP contribution is -2.31. The van der Waals surface area contributed by atoms with Crippen LogP contribution in [0.5, 0.6) is 0 Å². The first-order valence-electron chi connectivity index (χ1n) is 9.68. The molecular weight excluding hydrogens is 452 g/mol. The van der Waals surface area contributed by atoms with Crippen LogP contribution in [0.2, 0.25) is 5.02 Å². The number of anilines is 2. The summed E-state index contributed by atoms with van der Waals surface area (Å²) in [5.74, 6) is -0.166. The van der Waals surface area contributed by atoms with Crippen LogP contribution in [0.15, 0.2) is 88.7 Å². The van der Waals surface area contributed by atoms with Crippen molar-refractivity contribution in [3.63, 3.8) is 0 Å². The maximum Gasteiger partial charge on any atom is 0.232 e. The van der Waals surface area contributed by atoms with Gasteiger partial charge in [0.05, 0.1) is 17.6 Å².